The number of allylic oxidation sites excluding steroid dienone is 2. The number of aliphatic hydroxyl groups is 3. The molecule has 4 aliphatic carbocycles. The summed E-state index contributed by atoms with van der Waals surface area (Å²) in [6.45, 7) is 15.3. The third kappa shape index (κ3) is 2.92. The summed E-state index contributed by atoms with van der Waals surface area (Å²) < 4.78 is 6.58. The van der Waals surface area contributed by atoms with Crippen molar-refractivity contribution in [3.63, 3.8) is 0 Å². The van der Waals surface area contributed by atoms with E-state index < -0.39 is 29.0 Å². The quantitative estimate of drug-likeness (QED) is 0.465. The second-order valence-corrected chi connectivity index (χ2v) is 14.3. The van der Waals surface area contributed by atoms with Crippen LogP contribution in [0.2, 0.25) is 0 Å². The van der Waals surface area contributed by atoms with E-state index >= 15 is 0 Å². The third-order valence-corrected chi connectivity index (χ3v) is 12.2. The van der Waals surface area contributed by atoms with Crippen LogP contribution in [-0.4, -0.2) is 38.9 Å². The van der Waals surface area contributed by atoms with E-state index in [4.69, 9.17) is 4.74 Å². The van der Waals surface area contributed by atoms with E-state index in [1.54, 1.807) is 0 Å². The number of hydrogen-bond acceptors (Lipinski definition) is 4. The summed E-state index contributed by atoms with van der Waals surface area (Å²) in [5.74, 6) is 1.74. The van der Waals surface area contributed by atoms with Crippen molar-refractivity contribution >= 4 is 0 Å². The van der Waals surface area contributed by atoms with Gasteiger partial charge in [0.1, 0.15) is 5.60 Å². The second kappa shape index (κ2) is 7.43. The summed E-state index contributed by atoms with van der Waals surface area (Å²) in [5, 5.41) is 32.6. The number of aliphatic hydroxyl groups excluding tert-OH is 2. The Labute approximate surface area is 206 Å². The molecule has 1 aliphatic heterocycles. The fraction of sp³-hybridized carbons (Fsp3) is 0.867. The summed E-state index contributed by atoms with van der Waals surface area (Å²) in [7, 11) is 0. The lowest BCUT2D eigenvalue weighted by Crippen LogP contribution is -2.65. The Morgan fingerprint density at radius 2 is 1.74 bits per heavy atom. The normalized spacial score (nSPS) is 52.4. The predicted molar refractivity (Wildman–Crippen MR) is 135 cm³/mol. The standard InChI is InChI=1S/C30H48O4/c1-19(9-8-14-25(2,3)33)20-12-15-28(7)21-13-16-30-22(10-11-23(31)26(30,4)5)29(21,24(32)34-30)18-17-27(20,28)6/h8,13-14,16,19-24,31-33H,9-12,15,17-18H2,1-7H3/b14-8+/t19-,20-,21+,22+,23+,24?,27-,28+,29+,30-/m1/s1. The molecule has 1 saturated heterocycles. The maximum Gasteiger partial charge on any atom is 0.162 e. The predicted octanol–water partition coefficient (Wildman–Crippen LogP) is 5.61. The molecule has 2 bridgehead atoms. The zero-order chi connectivity index (χ0) is 24.9. The first-order valence-corrected chi connectivity index (χ1v) is 13.8. The molecular formula is C30H48O4. The van der Waals surface area contributed by atoms with Crippen LogP contribution in [0.5, 0.6) is 0 Å². The van der Waals surface area contributed by atoms with Crippen molar-refractivity contribution in [3.05, 3.63) is 24.3 Å². The molecule has 34 heavy (non-hydrogen) atoms. The minimum atomic E-state index is -0.769. The van der Waals surface area contributed by atoms with Crippen molar-refractivity contribution in [1.29, 1.82) is 0 Å². The molecule has 4 nitrogen and oxygen atoms in total. The smallest absolute Gasteiger partial charge is 0.162 e. The van der Waals surface area contributed by atoms with E-state index in [2.05, 4.69) is 52.8 Å². The molecule has 0 aromatic rings. The van der Waals surface area contributed by atoms with Crippen LogP contribution >= 0.6 is 0 Å². The molecule has 4 fully saturated rings. The van der Waals surface area contributed by atoms with Gasteiger partial charge in [0.15, 0.2) is 6.29 Å². The highest BCUT2D eigenvalue weighted by atomic mass is 16.6. The van der Waals surface area contributed by atoms with Crippen LogP contribution in [0.3, 0.4) is 0 Å². The molecule has 0 aromatic carbocycles. The van der Waals surface area contributed by atoms with E-state index in [0.717, 1.165) is 32.1 Å². The van der Waals surface area contributed by atoms with Crippen LogP contribution in [0.25, 0.3) is 0 Å². The molecule has 1 unspecified atom stereocenters. The van der Waals surface area contributed by atoms with Gasteiger partial charge in [0, 0.05) is 16.7 Å². The topological polar surface area (TPSA) is 69.9 Å². The van der Waals surface area contributed by atoms with Crippen molar-refractivity contribution in [2.45, 2.75) is 117 Å². The highest BCUT2D eigenvalue weighted by Crippen LogP contribution is 2.78. The van der Waals surface area contributed by atoms with E-state index in [9.17, 15) is 15.3 Å². The van der Waals surface area contributed by atoms with Gasteiger partial charge in [0.05, 0.1) is 11.7 Å². The summed E-state index contributed by atoms with van der Waals surface area (Å²) in [6, 6.07) is 0. The molecule has 0 radical (unpaired) electrons. The highest BCUT2D eigenvalue weighted by molar-refractivity contribution is 5.34. The molecule has 0 aromatic heterocycles. The van der Waals surface area contributed by atoms with Crippen LogP contribution < -0.4 is 0 Å². The Bertz CT molecular complexity index is 885. The van der Waals surface area contributed by atoms with Gasteiger partial charge >= 0.3 is 0 Å². The molecule has 3 N–H and O–H groups in total. The molecule has 3 saturated carbocycles. The van der Waals surface area contributed by atoms with E-state index in [0.29, 0.717) is 17.8 Å². The van der Waals surface area contributed by atoms with Crippen molar-refractivity contribution in [1.82, 2.24) is 0 Å². The molecule has 192 valence electrons. The first kappa shape index (κ1) is 25.0. The number of fused-ring (bicyclic) bond motifs is 2. The summed E-state index contributed by atoms with van der Waals surface area (Å²) in [5.41, 5.74) is -1.67. The molecule has 10 atom stereocenters. The summed E-state index contributed by atoms with van der Waals surface area (Å²) in [4.78, 5) is 0. The van der Waals surface area contributed by atoms with Crippen LogP contribution in [0.4, 0.5) is 0 Å². The molecule has 5 aliphatic rings. The van der Waals surface area contributed by atoms with Gasteiger partial charge in [0.25, 0.3) is 0 Å². The lowest BCUT2D eigenvalue weighted by Gasteiger charge is -2.65. The molecule has 0 amide bonds. The third-order valence-electron chi connectivity index (χ3n) is 12.2. The van der Waals surface area contributed by atoms with Gasteiger partial charge in [-0.25, -0.2) is 0 Å². The van der Waals surface area contributed by atoms with Gasteiger partial charge in [-0.05, 0) is 87.4 Å². The van der Waals surface area contributed by atoms with Crippen LogP contribution in [-0.2, 0) is 4.74 Å². The highest BCUT2D eigenvalue weighted by Gasteiger charge is 2.78. The molecular weight excluding hydrogens is 424 g/mol. The second-order valence-electron chi connectivity index (χ2n) is 14.3. The van der Waals surface area contributed by atoms with Crippen LogP contribution in [0, 0.1) is 45.3 Å². The van der Waals surface area contributed by atoms with Gasteiger partial charge in [-0.2, -0.15) is 0 Å². The molecule has 1 heterocycles. The summed E-state index contributed by atoms with van der Waals surface area (Å²) >= 11 is 0. The number of ether oxygens (including phenoxy) is 1. The van der Waals surface area contributed by atoms with Gasteiger partial charge < -0.3 is 20.1 Å². The fourth-order valence-electron chi connectivity index (χ4n) is 9.98. The lowest BCUT2D eigenvalue weighted by molar-refractivity contribution is -0.213. The maximum absolute atomic E-state index is 11.6. The van der Waals surface area contributed by atoms with E-state index in [1.165, 1.54) is 12.8 Å². The average Bonchev–Trinajstić information content (AvgIpc) is 3.09. The molecule has 5 rings (SSSR count). The first-order chi connectivity index (χ1) is 15.7. The molecule has 4 heteroatoms. The average molecular weight is 473 g/mol. The van der Waals surface area contributed by atoms with Crippen LogP contribution in [0.15, 0.2) is 24.3 Å². The van der Waals surface area contributed by atoms with Gasteiger partial charge in [-0.3, -0.25) is 0 Å². The maximum atomic E-state index is 11.6. The minimum Gasteiger partial charge on any atom is -0.392 e. The van der Waals surface area contributed by atoms with E-state index in [-0.39, 0.29) is 22.2 Å². The van der Waals surface area contributed by atoms with Crippen molar-refractivity contribution in [2.75, 3.05) is 0 Å². The van der Waals surface area contributed by atoms with Crippen molar-refractivity contribution in [3.8, 4) is 0 Å². The van der Waals surface area contributed by atoms with Crippen molar-refractivity contribution < 1.29 is 20.1 Å². The number of rotatable bonds is 4. The Balaban J connectivity index is 1.50. The summed E-state index contributed by atoms with van der Waals surface area (Å²) in [6.07, 6.45) is 14.9. The number of hydrogen-bond donors (Lipinski definition) is 3. The lowest BCUT2D eigenvalue weighted by atomic mass is 9.38. The minimum absolute atomic E-state index is 0.113. The van der Waals surface area contributed by atoms with Crippen molar-refractivity contribution in [2.24, 2.45) is 45.3 Å². The molecule has 1 spiro atoms. The Hall–Kier alpha value is -0.680. The van der Waals surface area contributed by atoms with Gasteiger partial charge in [-0.15, -0.1) is 0 Å². The van der Waals surface area contributed by atoms with Gasteiger partial charge in [-0.1, -0.05) is 58.9 Å². The first-order valence-electron chi connectivity index (χ1n) is 13.8. The Morgan fingerprint density at radius 1 is 1.03 bits per heavy atom. The zero-order valence-corrected chi connectivity index (χ0v) is 22.5. The Kier molecular flexibility index (Phi) is 5.46. The van der Waals surface area contributed by atoms with Crippen LogP contribution in [0.1, 0.15) is 93.4 Å². The monoisotopic (exact) mass is 472 g/mol. The Morgan fingerprint density at radius 3 is 2.41 bits per heavy atom. The largest absolute Gasteiger partial charge is 0.392 e. The van der Waals surface area contributed by atoms with E-state index in [1.807, 2.05) is 19.9 Å². The SMILES string of the molecule is C[C@H](C/C=C/C(C)(C)O)[C@H]1CC[C@@]2(C)[C@@H]3C=C[C@@]45OC(O)[C@]3(CC[C@]12C)[C@@H]4CC[C@H](O)C5(C)C. The fourth-order valence-corrected chi connectivity index (χ4v) is 9.98. The van der Waals surface area contributed by atoms with Gasteiger partial charge in [0.2, 0.25) is 0 Å². The zero-order valence-electron chi connectivity index (χ0n) is 22.5.